The number of amides is 1. The quantitative estimate of drug-likeness (QED) is 0.277. The SMILES string of the molecule is COc1ccc(N(CC(=O)Nc2ccc(S(=O)(=O)Nc3ccc(C)cc3)cc2)S(=O)(=O)c2ccc(F)cc2)cc1. The van der Waals surface area contributed by atoms with Gasteiger partial charge in [0.05, 0.1) is 22.6 Å². The second-order valence-corrected chi connectivity index (χ2v) is 12.3. The van der Waals surface area contributed by atoms with Crippen molar-refractivity contribution in [3.8, 4) is 5.75 Å². The summed E-state index contributed by atoms with van der Waals surface area (Å²) in [7, 11) is -6.67. The van der Waals surface area contributed by atoms with E-state index in [4.69, 9.17) is 4.74 Å². The van der Waals surface area contributed by atoms with E-state index in [9.17, 15) is 26.0 Å². The minimum absolute atomic E-state index is 0.0233. The number of hydrogen-bond donors (Lipinski definition) is 2. The molecule has 0 aliphatic rings. The van der Waals surface area contributed by atoms with E-state index in [0.29, 0.717) is 11.4 Å². The maximum absolute atomic E-state index is 13.4. The van der Waals surface area contributed by atoms with Crippen LogP contribution in [0.5, 0.6) is 5.75 Å². The topological polar surface area (TPSA) is 122 Å². The fourth-order valence-electron chi connectivity index (χ4n) is 3.68. The zero-order chi connectivity index (χ0) is 28.9. The smallest absolute Gasteiger partial charge is 0.264 e. The highest BCUT2D eigenvalue weighted by molar-refractivity contribution is 7.93. The van der Waals surface area contributed by atoms with Gasteiger partial charge in [0.2, 0.25) is 5.91 Å². The normalized spacial score (nSPS) is 11.5. The van der Waals surface area contributed by atoms with Gasteiger partial charge in [-0.15, -0.1) is 0 Å². The van der Waals surface area contributed by atoms with Crippen LogP contribution < -0.4 is 19.1 Å². The molecule has 0 saturated carbocycles. The van der Waals surface area contributed by atoms with E-state index in [2.05, 4.69) is 10.0 Å². The summed E-state index contributed by atoms with van der Waals surface area (Å²) in [6.45, 7) is 1.28. The van der Waals surface area contributed by atoms with Gasteiger partial charge in [-0.3, -0.25) is 13.8 Å². The number of nitrogens with zero attached hydrogens (tertiary/aromatic N) is 1. The maximum Gasteiger partial charge on any atom is 0.264 e. The molecule has 4 aromatic rings. The predicted octanol–water partition coefficient (Wildman–Crippen LogP) is 4.78. The molecule has 9 nitrogen and oxygen atoms in total. The molecule has 208 valence electrons. The number of hydrogen-bond acceptors (Lipinski definition) is 6. The van der Waals surface area contributed by atoms with Gasteiger partial charge in [0.25, 0.3) is 20.0 Å². The Hall–Kier alpha value is -4.42. The number of rotatable bonds is 10. The highest BCUT2D eigenvalue weighted by Crippen LogP contribution is 2.26. The van der Waals surface area contributed by atoms with Crippen molar-refractivity contribution in [2.45, 2.75) is 16.7 Å². The summed E-state index contributed by atoms with van der Waals surface area (Å²) in [5.74, 6) is -0.804. The minimum atomic E-state index is -4.26. The number of aryl methyl sites for hydroxylation is 1. The van der Waals surface area contributed by atoms with Crippen LogP contribution in [0.3, 0.4) is 0 Å². The van der Waals surface area contributed by atoms with Gasteiger partial charge in [0, 0.05) is 11.4 Å². The number of methoxy groups -OCH3 is 1. The van der Waals surface area contributed by atoms with Crippen molar-refractivity contribution in [2.24, 2.45) is 0 Å². The van der Waals surface area contributed by atoms with Crippen molar-refractivity contribution in [1.29, 1.82) is 0 Å². The average Bonchev–Trinajstić information content (AvgIpc) is 2.93. The molecule has 0 heterocycles. The lowest BCUT2D eigenvalue weighted by Gasteiger charge is -2.24. The van der Waals surface area contributed by atoms with E-state index in [0.717, 1.165) is 34.1 Å². The Labute approximate surface area is 232 Å². The number of nitrogens with one attached hydrogen (secondary N) is 2. The molecule has 0 atom stereocenters. The maximum atomic E-state index is 13.4. The minimum Gasteiger partial charge on any atom is -0.497 e. The second-order valence-electron chi connectivity index (χ2n) is 8.71. The molecule has 0 unspecified atom stereocenters. The summed E-state index contributed by atoms with van der Waals surface area (Å²) >= 11 is 0. The van der Waals surface area contributed by atoms with Gasteiger partial charge in [-0.1, -0.05) is 17.7 Å². The zero-order valence-electron chi connectivity index (χ0n) is 21.5. The van der Waals surface area contributed by atoms with Crippen LogP contribution in [0.4, 0.5) is 21.5 Å². The standard InChI is InChI=1S/C28H26FN3O6S2/c1-20-3-7-23(8-4-20)31-39(34,35)26-17-9-22(10-18-26)30-28(33)19-32(24-11-13-25(38-2)14-12-24)40(36,37)27-15-5-21(29)6-16-27/h3-18,31H,19H2,1-2H3,(H,30,33). The van der Waals surface area contributed by atoms with Crippen LogP contribution in [0.2, 0.25) is 0 Å². The Morgan fingerprint density at radius 2 is 1.32 bits per heavy atom. The highest BCUT2D eigenvalue weighted by Gasteiger charge is 2.27. The Morgan fingerprint density at radius 1 is 0.775 bits per heavy atom. The average molecular weight is 584 g/mol. The Balaban J connectivity index is 1.53. The van der Waals surface area contributed by atoms with Gasteiger partial charge in [-0.25, -0.2) is 21.2 Å². The van der Waals surface area contributed by atoms with Crippen LogP contribution >= 0.6 is 0 Å². The summed E-state index contributed by atoms with van der Waals surface area (Å²) < 4.78 is 74.3. The molecule has 4 aromatic carbocycles. The second kappa shape index (κ2) is 11.8. The van der Waals surface area contributed by atoms with Crippen LogP contribution in [0.25, 0.3) is 0 Å². The van der Waals surface area contributed by atoms with E-state index < -0.39 is 38.3 Å². The number of anilines is 3. The summed E-state index contributed by atoms with van der Waals surface area (Å²) in [4.78, 5) is 12.7. The van der Waals surface area contributed by atoms with Crippen molar-refractivity contribution in [1.82, 2.24) is 0 Å². The molecule has 40 heavy (non-hydrogen) atoms. The Morgan fingerprint density at radius 3 is 1.90 bits per heavy atom. The van der Waals surface area contributed by atoms with E-state index >= 15 is 0 Å². The van der Waals surface area contributed by atoms with Crippen LogP contribution in [-0.2, 0) is 24.8 Å². The van der Waals surface area contributed by atoms with Crippen molar-refractivity contribution in [2.75, 3.05) is 28.0 Å². The largest absolute Gasteiger partial charge is 0.497 e. The van der Waals surface area contributed by atoms with E-state index in [1.54, 1.807) is 36.4 Å². The molecule has 2 N–H and O–H groups in total. The number of halogens is 1. The van der Waals surface area contributed by atoms with Gasteiger partial charge in [0.15, 0.2) is 0 Å². The number of carbonyl (C=O) groups excluding carboxylic acids is 1. The summed E-state index contributed by atoms with van der Waals surface area (Å²) in [6, 6.07) is 22.6. The fourth-order valence-corrected chi connectivity index (χ4v) is 6.16. The molecule has 0 saturated heterocycles. The third kappa shape index (κ3) is 6.77. The summed E-state index contributed by atoms with van der Waals surface area (Å²) in [5.41, 5.74) is 1.83. The molecule has 0 radical (unpaired) electrons. The highest BCUT2D eigenvalue weighted by atomic mass is 32.2. The number of ether oxygens (including phenoxy) is 1. The lowest BCUT2D eigenvalue weighted by Crippen LogP contribution is -2.38. The molecule has 0 aliphatic heterocycles. The first-order valence-corrected chi connectivity index (χ1v) is 14.8. The number of benzene rings is 4. The van der Waals surface area contributed by atoms with Gasteiger partial charge in [-0.05, 0) is 91.9 Å². The van der Waals surface area contributed by atoms with Crippen molar-refractivity contribution >= 4 is 43.0 Å². The molecule has 4 rings (SSSR count). The van der Waals surface area contributed by atoms with E-state index in [-0.39, 0.29) is 21.2 Å². The third-order valence-electron chi connectivity index (χ3n) is 5.80. The fraction of sp³-hybridized carbons (Fsp3) is 0.107. The van der Waals surface area contributed by atoms with Gasteiger partial charge in [-0.2, -0.15) is 0 Å². The summed E-state index contributed by atoms with van der Waals surface area (Å²) in [6.07, 6.45) is 0. The molecule has 0 spiro atoms. The first-order chi connectivity index (χ1) is 19.0. The van der Waals surface area contributed by atoms with Crippen LogP contribution in [0, 0.1) is 12.7 Å². The Kier molecular flexibility index (Phi) is 8.40. The van der Waals surface area contributed by atoms with Gasteiger partial charge >= 0.3 is 0 Å². The monoisotopic (exact) mass is 583 g/mol. The zero-order valence-corrected chi connectivity index (χ0v) is 23.2. The lowest BCUT2D eigenvalue weighted by molar-refractivity contribution is -0.114. The molecule has 12 heteroatoms. The van der Waals surface area contributed by atoms with Gasteiger partial charge < -0.3 is 10.1 Å². The molecule has 0 bridgehead atoms. The van der Waals surface area contributed by atoms with Crippen molar-refractivity contribution < 1.29 is 30.8 Å². The predicted molar refractivity (Wildman–Crippen MR) is 151 cm³/mol. The van der Waals surface area contributed by atoms with Crippen molar-refractivity contribution in [3.63, 3.8) is 0 Å². The van der Waals surface area contributed by atoms with Crippen LogP contribution in [0.15, 0.2) is 107 Å². The van der Waals surface area contributed by atoms with E-state index in [1.165, 1.54) is 43.5 Å². The van der Waals surface area contributed by atoms with Crippen LogP contribution in [-0.4, -0.2) is 36.4 Å². The lowest BCUT2D eigenvalue weighted by atomic mass is 10.2. The third-order valence-corrected chi connectivity index (χ3v) is 8.99. The molecule has 0 aliphatic carbocycles. The first kappa shape index (κ1) is 28.6. The molecular weight excluding hydrogens is 557 g/mol. The summed E-state index contributed by atoms with van der Waals surface area (Å²) in [5, 5.41) is 2.59. The molecular formula is C28H26FN3O6S2. The number of sulfonamides is 2. The number of carbonyl (C=O) groups is 1. The first-order valence-electron chi connectivity index (χ1n) is 11.9. The van der Waals surface area contributed by atoms with Gasteiger partial charge in [0.1, 0.15) is 18.1 Å². The van der Waals surface area contributed by atoms with E-state index in [1.807, 2.05) is 6.92 Å². The van der Waals surface area contributed by atoms with Crippen molar-refractivity contribution in [3.05, 3.63) is 108 Å². The molecule has 1 amide bonds. The van der Waals surface area contributed by atoms with Crippen LogP contribution in [0.1, 0.15) is 5.56 Å². The Bertz CT molecular complexity index is 1690. The molecule has 0 aromatic heterocycles. The molecule has 0 fully saturated rings.